The summed E-state index contributed by atoms with van der Waals surface area (Å²) in [4.78, 5) is 43.1. The van der Waals surface area contributed by atoms with Crippen LogP contribution in [0, 0.1) is 5.82 Å². The normalized spacial score (nSPS) is 17.3. The van der Waals surface area contributed by atoms with Crippen LogP contribution in [0.25, 0.3) is 0 Å². The number of ether oxygens (including phenoxy) is 1. The molecule has 2 aromatic carbocycles. The van der Waals surface area contributed by atoms with Crippen LogP contribution in [0.2, 0.25) is 0 Å². The van der Waals surface area contributed by atoms with E-state index in [0.717, 1.165) is 31.1 Å². The van der Waals surface area contributed by atoms with Crippen molar-refractivity contribution in [1.29, 1.82) is 0 Å². The lowest BCUT2D eigenvalue weighted by atomic mass is 10.2. The fourth-order valence-electron chi connectivity index (χ4n) is 3.76. The number of nitrogens with zero attached hydrogens (tertiary/aromatic N) is 2. The van der Waals surface area contributed by atoms with E-state index < -0.39 is 11.1 Å². The molecule has 1 fully saturated rings. The van der Waals surface area contributed by atoms with E-state index in [9.17, 15) is 18.8 Å². The number of nitrogens with one attached hydrogen (secondary N) is 2. The smallest absolute Gasteiger partial charge is 0.262 e. The highest BCUT2D eigenvalue weighted by Crippen LogP contribution is 2.29. The zero-order chi connectivity index (χ0) is 24.6. The van der Waals surface area contributed by atoms with Gasteiger partial charge in [0, 0.05) is 37.3 Å². The Kier molecular flexibility index (Phi) is 8.36. The summed E-state index contributed by atoms with van der Waals surface area (Å²) >= 11 is 1.36. The number of carbonyl (C=O) groups excluding carboxylic acids is 3. The molecule has 1 saturated heterocycles. The molecule has 0 radical (unpaired) electrons. The number of amides is 3. The largest absolute Gasteiger partial charge is 0.490 e. The van der Waals surface area contributed by atoms with Gasteiger partial charge in [-0.25, -0.2) is 4.39 Å². The van der Waals surface area contributed by atoms with E-state index in [0.29, 0.717) is 24.2 Å². The number of halogens is 1. The predicted octanol–water partition coefficient (Wildman–Crippen LogP) is 3.45. The average molecular weight is 499 g/mol. The standard InChI is InChI=1S/C25H27FN4O4S/c26-19-6-1-2-7-20(19)34-15-5-12-27-23(32)17-8-10-18(11-9-17)28-22(31)16-21-24(33)29-25(35-21)30-13-3-4-14-30/h1-2,6-11,21H,3-5,12-16H2,(H,27,32)(H,28,31). The van der Waals surface area contributed by atoms with Crippen molar-refractivity contribution >= 4 is 40.3 Å². The van der Waals surface area contributed by atoms with Gasteiger partial charge in [-0.1, -0.05) is 23.9 Å². The van der Waals surface area contributed by atoms with E-state index in [1.807, 2.05) is 0 Å². The van der Waals surface area contributed by atoms with Gasteiger partial charge in [0.1, 0.15) is 5.25 Å². The number of hydrogen-bond acceptors (Lipinski definition) is 6. The van der Waals surface area contributed by atoms with E-state index in [2.05, 4.69) is 20.5 Å². The summed E-state index contributed by atoms with van der Waals surface area (Å²) in [5, 5.41) is 5.78. The molecule has 8 nitrogen and oxygen atoms in total. The maximum absolute atomic E-state index is 13.5. The van der Waals surface area contributed by atoms with Gasteiger partial charge in [0.15, 0.2) is 16.7 Å². The van der Waals surface area contributed by atoms with Gasteiger partial charge in [-0.05, 0) is 55.7 Å². The van der Waals surface area contributed by atoms with Crippen molar-refractivity contribution in [2.45, 2.75) is 30.9 Å². The van der Waals surface area contributed by atoms with Crippen molar-refractivity contribution in [3.05, 3.63) is 59.9 Å². The maximum atomic E-state index is 13.5. The first kappa shape index (κ1) is 24.7. The molecule has 2 aromatic rings. The average Bonchev–Trinajstić information content (AvgIpc) is 3.51. The van der Waals surface area contributed by atoms with Crippen LogP contribution in [0.4, 0.5) is 10.1 Å². The number of anilines is 1. The Labute approximate surface area is 207 Å². The molecule has 1 atom stereocenters. The van der Waals surface area contributed by atoms with Crippen molar-refractivity contribution in [2.75, 3.05) is 31.6 Å². The van der Waals surface area contributed by atoms with Gasteiger partial charge in [-0.2, -0.15) is 4.99 Å². The van der Waals surface area contributed by atoms with Crippen LogP contribution in [0.5, 0.6) is 5.75 Å². The number of likely N-dealkylation sites (tertiary alicyclic amines) is 1. The summed E-state index contributed by atoms with van der Waals surface area (Å²) in [6.45, 7) is 2.46. The molecule has 0 spiro atoms. The number of aliphatic imine (C=N–C) groups is 1. The Hall–Kier alpha value is -3.40. The Balaban J connectivity index is 1.16. The summed E-state index contributed by atoms with van der Waals surface area (Å²) in [6, 6.07) is 12.7. The minimum atomic E-state index is -0.502. The highest BCUT2D eigenvalue weighted by atomic mass is 32.2. The van der Waals surface area contributed by atoms with E-state index >= 15 is 0 Å². The minimum absolute atomic E-state index is 0.0432. The SMILES string of the molecule is O=C(CC1SC(N2CCCC2)=NC1=O)Nc1ccc(C(=O)NCCCOc2ccccc2F)cc1. The second kappa shape index (κ2) is 11.8. The molecule has 35 heavy (non-hydrogen) atoms. The molecule has 0 bridgehead atoms. The first-order chi connectivity index (χ1) is 17.0. The number of rotatable bonds is 9. The van der Waals surface area contributed by atoms with Gasteiger partial charge in [-0.3, -0.25) is 14.4 Å². The van der Waals surface area contributed by atoms with Crippen LogP contribution in [0.3, 0.4) is 0 Å². The van der Waals surface area contributed by atoms with Crippen LogP contribution >= 0.6 is 11.8 Å². The first-order valence-electron chi connectivity index (χ1n) is 11.6. The van der Waals surface area contributed by atoms with Crippen molar-refractivity contribution in [3.63, 3.8) is 0 Å². The molecule has 10 heteroatoms. The maximum Gasteiger partial charge on any atom is 0.262 e. The molecule has 1 unspecified atom stereocenters. The lowest BCUT2D eigenvalue weighted by Crippen LogP contribution is -2.26. The quantitative estimate of drug-likeness (QED) is 0.514. The third-order valence-electron chi connectivity index (χ3n) is 5.61. The zero-order valence-electron chi connectivity index (χ0n) is 19.2. The fourth-order valence-corrected chi connectivity index (χ4v) is 4.88. The highest BCUT2D eigenvalue weighted by molar-refractivity contribution is 8.15. The van der Waals surface area contributed by atoms with Crippen molar-refractivity contribution in [2.24, 2.45) is 4.99 Å². The number of carbonyl (C=O) groups is 3. The molecule has 0 aliphatic carbocycles. The molecule has 0 aromatic heterocycles. The summed E-state index contributed by atoms with van der Waals surface area (Å²) in [7, 11) is 0. The minimum Gasteiger partial charge on any atom is -0.490 e. The monoisotopic (exact) mass is 498 g/mol. The lowest BCUT2D eigenvalue weighted by Gasteiger charge is -2.16. The van der Waals surface area contributed by atoms with Gasteiger partial charge in [-0.15, -0.1) is 0 Å². The molecular formula is C25H27FN4O4S. The van der Waals surface area contributed by atoms with E-state index in [-0.39, 0.29) is 36.5 Å². The third-order valence-corrected chi connectivity index (χ3v) is 6.82. The van der Waals surface area contributed by atoms with Gasteiger partial charge in [0.2, 0.25) is 5.91 Å². The van der Waals surface area contributed by atoms with Crippen LogP contribution in [-0.2, 0) is 9.59 Å². The van der Waals surface area contributed by atoms with E-state index in [4.69, 9.17) is 4.74 Å². The number of hydrogen-bond donors (Lipinski definition) is 2. The molecule has 2 aliphatic heterocycles. The number of thioether (sulfide) groups is 1. The van der Waals surface area contributed by atoms with Crippen molar-refractivity contribution in [3.8, 4) is 5.75 Å². The van der Waals surface area contributed by atoms with Crippen molar-refractivity contribution in [1.82, 2.24) is 10.2 Å². The van der Waals surface area contributed by atoms with E-state index in [1.165, 1.54) is 17.8 Å². The van der Waals surface area contributed by atoms with Crippen LogP contribution in [0.1, 0.15) is 36.0 Å². The van der Waals surface area contributed by atoms with E-state index in [1.54, 1.807) is 42.5 Å². The molecule has 3 amide bonds. The lowest BCUT2D eigenvalue weighted by molar-refractivity contribution is -0.121. The van der Waals surface area contributed by atoms with Crippen LogP contribution in [0.15, 0.2) is 53.5 Å². The molecule has 4 rings (SSSR count). The molecule has 0 saturated carbocycles. The number of para-hydroxylation sites is 1. The third kappa shape index (κ3) is 6.82. The molecule has 2 aliphatic rings. The molecule has 184 valence electrons. The first-order valence-corrected chi connectivity index (χ1v) is 12.5. The molecule has 2 heterocycles. The molecule has 2 N–H and O–H groups in total. The second-order valence-corrected chi connectivity index (χ2v) is 9.42. The topological polar surface area (TPSA) is 100 Å². The van der Waals surface area contributed by atoms with Gasteiger partial charge < -0.3 is 20.3 Å². The summed E-state index contributed by atoms with van der Waals surface area (Å²) in [5.74, 6) is -1.03. The fraction of sp³-hybridized carbons (Fsp3) is 0.360. The Morgan fingerprint density at radius 2 is 1.86 bits per heavy atom. The number of benzene rings is 2. The second-order valence-electron chi connectivity index (χ2n) is 8.25. The van der Waals surface area contributed by atoms with Gasteiger partial charge >= 0.3 is 0 Å². The Morgan fingerprint density at radius 1 is 1.11 bits per heavy atom. The van der Waals surface area contributed by atoms with Crippen LogP contribution < -0.4 is 15.4 Å². The summed E-state index contributed by atoms with van der Waals surface area (Å²) in [5.41, 5.74) is 0.990. The molecular weight excluding hydrogens is 471 g/mol. The summed E-state index contributed by atoms with van der Waals surface area (Å²) < 4.78 is 18.9. The van der Waals surface area contributed by atoms with Gasteiger partial charge in [0.05, 0.1) is 6.61 Å². The Morgan fingerprint density at radius 3 is 2.60 bits per heavy atom. The predicted molar refractivity (Wildman–Crippen MR) is 133 cm³/mol. The highest BCUT2D eigenvalue weighted by Gasteiger charge is 2.33. The number of amidine groups is 1. The summed E-state index contributed by atoms with van der Waals surface area (Å²) in [6.07, 6.45) is 2.75. The van der Waals surface area contributed by atoms with Crippen LogP contribution in [-0.4, -0.2) is 59.3 Å². The zero-order valence-corrected chi connectivity index (χ0v) is 20.0. The Bertz CT molecular complexity index is 1100. The van der Waals surface area contributed by atoms with Crippen molar-refractivity contribution < 1.29 is 23.5 Å². The van der Waals surface area contributed by atoms with Gasteiger partial charge in [0.25, 0.3) is 11.8 Å².